The van der Waals surface area contributed by atoms with E-state index in [1.165, 1.54) is 5.56 Å². The molecular formula is C21H28N4O. The summed E-state index contributed by atoms with van der Waals surface area (Å²) in [7, 11) is 0. The van der Waals surface area contributed by atoms with Crippen LogP contribution in [0.5, 0.6) is 0 Å². The standard InChI is InChI=1S/C21H28N4O/c1-21(17-22,19-9-10-19)23-20(26)16-25-14-12-24(13-15-25)11-5-8-18-6-3-2-4-7-18/h2-8,19H,9-16H2,1H3,(H,23,26). The monoisotopic (exact) mass is 352 g/mol. The second-order valence-corrected chi connectivity index (χ2v) is 7.53. The van der Waals surface area contributed by atoms with Gasteiger partial charge in [-0.1, -0.05) is 42.5 Å². The van der Waals surface area contributed by atoms with Crippen molar-refractivity contribution in [2.24, 2.45) is 5.92 Å². The van der Waals surface area contributed by atoms with Crippen LogP contribution >= 0.6 is 0 Å². The average Bonchev–Trinajstić information content (AvgIpc) is 3.50. The highest BCUT2D eigenvalue weighted by Crippen LogP contribution is 2.39. The Hall–Kier alpha value is -2.16. The SMILES string of the molecule is CC(C#N)(NC(=O)CN1CCN(CC=Cc2ccccc2)CC1)C1CC1. The summed E-state index contributed by atoms with van der Waals surface area (Å²) in [5.74, 6) is 0.295. The Labute approximate surface area is 156 Å². The molecule has 26 heavy (non-hydrogen) atoms. The minimum atomic E-state index is -0.693. The van der Waals surface area contributed by atoms with Crippen molar-refractivity contribution < 1.29 is 4.79 Å². The minimum Gasteiger partial charge on any atom is -0.337 e. The van der Waals surface area contributed by atoms with E-state index in [1.807, 2.05) is 25.1 Å². The second kappa shape index (κ2) is 8.48. The van der Waals surface area contributed by atoms with Crippen LogP contribution in [0.4, 0.5) is 0 Å². The second-order valence-electron chi connectivity index (χ2n) is 7.53. The molecule has 1 N–H and O–H groups in total. The Kier molecular flexibility index (Phi) is 6.08. The number of benzene rings is 1. The molecule has 1 atom stereocenters. The Balaban J connectivity index is 1.38. The van der Waals surface area contributed by atoms with E-state index >= 15 is 0 Å². The summed E-state index contributed by atoms with van der Waals surface area (Å²) in [5, 5.41) is 12.3. The fourth-order valence-electron chi connectivity index (χ4n) is 3.45. The predicted octanol–water partition coefficient (Wildman–Crippen LogP) is 2.13. The number of carbonyl (C=O) groups is 1. The van der Waals surface area contributed by atoms with Crippen LogP contribution in [0.15, 0.2) is 36.4 Å². The number of hydrogen-bond donors (Lipinski definition) is 1. The quantitative estimate of drug-likeness (QED) is 0.817. The van der Waals surface area contributed by atoms with Gasteiger partial charge in [-0.15, -0.1) is 0 Å². The average molecular weight is 352 g/mol. The van der Waals surface area contributed by atoms with Crippen molar-refractivity contribution in [1.82, 2.24) is 15.1 Å². The number of hydrogen-bond acceptors (Lipinski definition) is 4. The molecule has 1 saturated heterocycles. The molecule has 1 aliphatic heterocycles. The molecule has 5 heteroatoms. The summed E-state index contributed by atoms with van der Waals surface area (Å²) in [6.07, 6.45) is 6.44. The van der Waals surface area contributed by atoms with Crippen molar-refractivity contribution in [2.75, 3.05) is 39.3 Å². The highest BCUT2D eigenvalue weighted by Gasteiger charge is 2.43. The van der Waals surface area contributed by atoms with Crippen LogP contribution in [0, 0.1) is 17.2 Å². The number of amides is 1. The Morgan fingerprint density at radius 1 is 1.23 bits per heavy atom. The molecule has 0 bridgehead atoms. The maximum absolute atomic E-state index is 12.3. The lowest BCUT2D eigenvalue weighted by molar-refractivity contribution is -0.124. The molecule has 3 rings (SSSR count). The van der Waals surface area contributed by atoms with Crippen LogP contribution in [-0.2, 0) is 4.79 Å². The Morgan fingerprint density at radius 3 is 2.50 bits per heavy atom. The van der Waals surface area contributed by atoms with Gasteiger partial charge in [0.05, 0.1) is 12.6 Å². The molecule has 138 valence electrons. The number of carbonyl (C=O) groups excluding carboxylic acids is 1. The van der Waals surface area contributed by atoms with E-state index in [4.69, 9.17) is 0 Å². The van der Waals surface area contributed by atoms with Crippen molar-refractivity contribution in [3.63, 3.8) is 0 Å². The molecule has 1 aromatic rings. The topological polar surface area (TPSA) is 59.4 Å². The molecule has 1 aromatic carbocycles. The zero-order chi connectivity index (χ0) is 18.4. The molecule has 1 unspecified atom stereocenters. The van der Waals surface area contributed by atoms with E-state index in [9.17, 15) is 10.1 Å². The lowest BCUT2D eigenvalue weighted by Gasteiger charge is -2.34. The molecule has 0 radical (unpaired) electrons. The molecule has 1 heterocycles. The summed E-state index contributed by atoms with van der Waals surface area (Å²) in [4.78, 5) is 16.9. The summed E-state index contributed by atoms with van der Waals surface area (Å²) >= 11 is 0. The van der Waals surface area contributed by atoms with Gasteiger partial charge in [-0.2, -0.15) is 5.26 Å². The number of nitriles is 1. The Bertz CT molecular complexity index is 669. The molecule has 1 saturated carbocycles. The van der Waals surface area contributed by atoms with Gasteiger partial charge in [-0.25, -0.2) is 0 Å². The van der Waals surface area contributed by atoms with Gasteiger partial charge < -0.3 is 5.32 Å². The van der Waals surface area contributed by atoms with Gasteiger partial charge in [0.25, 0.3) is 0 Å². The third kappa shape index (κ3) is 5.17. The van der Waals surface area contributed by atoms with Crippen molar-refractivity contribution in [3.8, 4) is 6.07 Å². The van der Waals surface area contributed by atoms with Crippen LogP contribution < -0.4 is 5.32 Å². The van der Waals surface area contributed by atoms with Gasteiger partial charge in [0, 0.05) is 32.7 Å². The summed E-state index contributed by atoms with van der Waals surface area (Å²) < 4.78 is 0. The van der Waals surface area contributed by atoms with Gasteiger partial charge in [0.15, 0.2) is 0 Å². The van der Waals surface area contributed by atoms with Crippen LogP contribution in [0.25, 0.3) is 6.08 Å². The van der Waals surface area contributed by atoms with E-state index in [1.54, 1.807) is 0 Å². The first-order chi connectivity index (χ1) is 12.6. The molecule has 5 nitrogen and oxygen atoms in total. The van der Waals surface area contributed by atoms with Gasteiger partial charge in [-0.05, 0) is 31.2 Å². The highest BCUT2D eigenvalue weighted by molar-refractivity contribution is 5.79. The number of nitrogens with zero attached hydrogens (tertiary/aromatic N) is 3. The number of rotatable bonds is 7. The molecule has 2 fully saturated rings. The molecular weight excluding hydrogens is 324 g/mol. The van der Waals surface area contributed by atoms with Crippen molar-refractivity contribution in [3.05, 3.63) is 42.0 Å². The fraction of sp³-hybridized carbons (Fsp3) is 0.524. The molecule has 0 aromatic heterocycles. The molecule has 2 aliphatic rings. The zero-order valence-electron chi connectivity index (χ0n) is 15.5. The fourth-order valence-corrected chi connectivity index (χ4v) is 3.45. The first-order valence-electron chi connectivity index (χ1n) is 9.47. The van der Waals surface area contributed by atoms with Gasteiger partial charge >= 0.3 is 0 Å². The van der Waals surface area contributed by atoms with E-state index in [2.05, 4.69) is 45.5 Å². The summed E-state index contributed by atoms with van der Waals surface area (Å²) in [6.45, 7) is 6.87. The van der Waals surface area contributed by atoms with Crippen LogP contribution in [0.3, 0.4) is 0 Å². The van der Waals surface area contributed by atoms with Gasteiger partial charge in [-0.3, -0.25) is 14.6 Å². The van der Waals surface area contributed by atoms with Crippen LogP contribution in [-0.4, -0.2) is 60.5 Å². The first-order valence-corrected chi connectivity index (χ1v) is 9.47. The summed E-state index contributed by atoms with van der Waals surface area (Å²) in [5.41, 5.74) is 0.528. The number of nitrogens with one attached hydrogen (secondary N) is 1. The minimum absolute atomic E-state index is 0.0293. The van der Waals surface area contributed by atoms with Crippen molar-refractivity contribution in [2.45, 2.75) is 25.3 Å². The van der Waals surface area contributed by atoms with Gasteiger partial charge in [0.1, 0.15) is 5.54 Å². The van der Waals surface area contributed by atoms with Crippen LogP contribution in [0.1, 0.15) is 25.3 Å². The first kappa shape index (κ1) is 18.6. The third-order valence-corrected chi connectivity index (χ3v) is 5.33. The third-order valence-electron chi connectivity index (χ3n) is 5.33. The predicted molar refractivity (Wildman–Crippen MR) is 103 cm³/mol. The van der Waals surface area contributed by atoms with E-state index in [0.29, 0.717) is 12.5 Å². The van der Waals surface area contributed by atoms with Gasteiger partial charge in [0.2, 0.25) is 5.91 Å². The smallest absolute Gasteiger partial charge is 0.235 e. The summed E-state index contributed by atoms with van der Waals surface area (Å²) in [6, 6.07) is 12.6. The van der Waals surface area contributed by atoms with E-state index in [-0.39, 0.29) is 5.91 Å². The van der Waals surface area contributed by atoms with E-state index in [0.717, 1.165) is 45.6 Å². The molecule has 1 aliphatic carbocycles. The van der Waals surface area contributed by atoms with Crippen molar-refractivity contribution >= 4 is 12.0 Å². The Morgan fingerprint density at radius 2 is 1.88 bits per heavy atom. The highest BCUT2D eigenvalue weighted by atomic mass is 16.2. The normalized spacial score (nSPS) is 21.2. The lowest BCUT2D eigenvalue weighted by Crippen LogP contribution is -2.53. The van der Waals surface area contributed by atoms with E-state index < -0.39 is 5.54 Å². The maximum atomic E-state index is 12.3. The van der Waals surface area contributed by atoms with Crippen molar-refractivity contribution in [1.29, 1.82) is 5.26 Å². The largest absolute Gasteiger partial charge is 0.337 e. The zero-order valence-corrected chi connectivity index (χ0v) is 15.5. The molecule has 0 spiro atoms. The lowest BCUT2D eigenvalue weighted by atomic mass is 9.98. The maximum Gasteiger partial charge on any atom is 0.235 e. The van der Waals surface area contributed by atoms with Crippen LogP contribution in [0.2, 0.25) is 0 Å². The number of piperazine rings is 1. The molecule has 1 amide bonds.